The van der Waals surface area contributed by atoms with E-state index in [0.717, 1.165) is 15.6 Å². The third-order valence-electron chi connectivity index (χ3n) is 3.00. The number of aliphatic carboxylic acids is 1. The fourth-order valence-electron chi connectivity index (χ4n) is 1.87. The molecule has 1 rings (SSSR count). The van der Waals surface area contributed by atoms with Crippen molar-refractivity contribution in [3.63, 3.8) is 0 Å². The van der Waals surface area contributed by atoms with Gasteiger partial charge in [0.05, 0.1) is 6.42 Å². The van der Waals surface area contributed by atoms with Gasteiger partial charge in [0, 0.05) is 24.0 Å². The lowest BCUT2D eigenvalue weighted by Crippen LogP contribution is -2.32. The number of hydrogen-bond acceptors (Lipinski definition) is 2. The Hall–Kier alpha value is -1.36. The molecule has 1 aromatic rings. The first-order chi connectivity index (χ1) is 8.81. The van der Waals surface area contributed by atoms with Crippen LogP contribution in [0.5, 0.6) is 0 Å². The molecular weight excluding hydrogens is 310 g/mol. The monoisotopic (exact) mass is 327 g/mol. The molecule has 0 aliphatic carbocycles. The molecule has 1 aromatic carbocycles. The van der Waals surface area contributed by atoms with Gasteiger partial charge in [-0.2, -0.15) is 0 Å². The zero-order valence-electron chi connectivity index (χ0n) is 11.3. The minimum atomic E-state index is -0.951. The lowest BCUT2D eigenvalue weighted by atomic mass is 10.1. The average molecular weight is 328 g/mol. The summed E-state index contributed by atoms with van der Waals surface area (Å²) in [5.74, 6) is -1.61. The van der Waals surface area contributed by atoms with Gasteiger partial charge < -0.3 is 10.0 Å². The van der Waals surface area contributed by atoms with Crippen LogP contribution in [0.2, 0.25) is 0 Å². The molecule has 0 heterocycles. The topological polar surface area (TPSA) is 57.6 Å². The molecule has 4 nitrogen and oxygen atoms in total. The number of amides is 1. The first-order valence-corrected chi connectivity index (χ1v) is 6.82. The highest BCUT2D eigenvalue weighted by Crippen LogP contribution is 2.18. The van der Waals surface area contributed by atoms with E-state index in [1.807, 2.05) is 25.1 Å². The van der Waals surface area contributed by atoms with Crippen molar-refractivity contribution in [1.82, 2.24) is 4.90 Å². The highest BCUT2D eigenvalue weighted by molar-refractivity contribution is 9.10. The molecule has 0 spiro atoms. The highest BCUT2D eigenvalue weighted by Gasteiger charge is 2.20. The van der Waals surface area contributed by atoms with E-state index in [4.69, 9.17) is 5.11 Å². The molecule has 0 aliphatic heterocycles. The summed E-state index contributed by atoms with van der Waals surface area (Å²) >= 11 is 3.40. The predicted molar refractivity (Wildman–Crippen MR) is 76.8 cm³/mol. The summed E-state index contributed by atoms with van der Waals surface area (Å²) in [5.41, 5.74) is 2.15. The number of nitrogens with zero attached hydrogens (tertiary/aromatic N) is 1. The van der Waals surface area contributed by atoms with E-state index in [0.29, 0.717) is 6.54 Å². The van der Waals surface area contributed by atoms with Crippen LogP contribution in [0, 0.1) is 12.8 Å². The van der Waals surface area contributed by atoms with Crippen LogP contribution < -0.4 is 0 Å². The van der Waals surface area contributed by atoms with Crippen molar-refractivity contribution in [1.29, 1.82) is 0 Å². The van der Waals surface area contributed by atoms with Crippen molar-refractivity contribution in [3.05, 3.63) is 33.8 Å². The number of benzene rings is 1. The largest absolute Gasteiger partial charge is 0.481 e. The summed E-state index contributed by atoms with van der Waals surface area (Å²) in [4.78, 5) is 24.2. The Morgan fingerprint density at radius 1 is 1.42 bits per heavy atom. The zero-order valence-corrected chi connectivity index (χ0v) is 12.9. The van der Waals surface area contributed by atoms with Crippen molar-refractivity contribution >= 4 is 27.8 Å². The van der Waals surface area contributed by atoms with Crippen LogP contribution in [0.15, 0.2) is 22.7 Å². The third-order valence-corrected chi connectivity index (χ3v) is 3.49. The predicted octanol–water partition coefficient (Wildman–Crippen LogP) is 2.83. The van der Waals surface area contributed by atoms with E-state index in [-0.39, 0.29) is 12.3 Å². The number of hydrogen-bond donors (Lipinski definition) is 1. The third kappa shape index (κ3) is 4.67. The molecule has 19 heavy (non-hydrogen) atoms. The minimum absolute atomic E-state index is 0.138. The molecule has 0 fully saturated rings. The number of rotatable bonds is 5. The van der Waals surface area contributed by atoms with Crippen molar-refractivity contribution in [2.24, 2.45) is 5.92 Å². The second-order valence-corrected chi connectivity index (χ2v) is 5.68. The van der Waals surface area contributed by atoms with E-state index in [1.54, 1.807) is 18.9 Å². The molecule has 0 saturated heterocycles. The molecule has 1 atom stereocenters. The normalized spacial score (nSPS) is 12.0. The van der Waals surface area contributed by atoms with Crippen LogP contribution in [0.1, 0.15) is 24.5 Å². The Labute approximate surface area is 121 Å². The van der Waals surface area contributed by atoms with Crippen LogP contribution in [0.3, 0.4) is 0 Å². The number of carbonyl (C=O) groups is 2. The van der Waals surface area contributed by atoms with Gasteiger partial charge in [-0.15, -0.1) is 0 Å². The number of carboxylic acids is 1. The molecule has 5 heteroatoms. The van der Waals surface area contributed by atoms with Crippen LogP contribution in [0.4, 0.5) is 0 Å². The van der Waals surface area contributed by atoms with Crippen molar-refractivity contribution in [3.8, 4) is 0 Å². The lowest BCUT2D eigenvalue weighted by molar-refractivity contribution is -0.143. The Balaban J connectivity index is 2.73. The number of carbonyl (C=O) groups excluding carboxylic acids is 1. The van der Waals surface area contributed by atoms with E-state index in [9.17, 15) is 9.59 Å². The molecule has 0 bridgehead atoms. The van der Waals surface area contributed by atoms with E-state index >= 15 is 0 Å². The molecule has 0 aromatic heterocycles. The number of aryl methyl sites for hydroxylation is 1. The summed E-state index contributed by atoms with van der Waals surface area (Å²) in [5, 5.41) is 8.71. The van der Waals surface area contributed by atoms with Gasteiger partial charge in [0.1, 0.15) is 0 Å². The van der Waals surface area contributed by atoms with Gasteiger partial charge in [0.2, 0.25) is 5.91 Å². The Kier molecular flexibility index (Phi) is 5.54. The maximum Gasteiger partial charge on any atom is 0.304 e. The zero-order chi connectivity index (χ0) is 14.6. The van der Waals surface area contributed by atoms with Gasteiger partial charge in [-0.25, -0.2) is 0 Å². The summed E-state index contributed by atoms with van der Waals surface area (Å²) in [6.45, 7) is 4.11. The standard InChI is InChI=1S/C14H18BrNO3/c1-9-4-5-12(15)7-11(9)8-16(3)14(19)10(2)6-13(17)18/h4-5,7,10H,6,8H2,1-3H3,(H,17,18). The van der Waals surface area contributed by atoms with Gasteiger partial charge in [-0.05, 0) is 30.2 Å². The van der Waals surface area contributed by atoms with Crippen LogP contribution in [0.25, 0.3) is 0 Å². The van der Waals surface area contributed by atoms with Crippen molar-refractivity contribution in [2.75, 3.05) is 7.05 Å². The molecule has 0 radical (unpaired) electrons. The van der Waals surface area contributed by atoms with Gasteiger partial charge in [-0.1, -0.05) is 28.9 Å². The second kappa shape index (κ2) is 6.70. The van der Waals surface area contributed by atoms with Crippen LogP contribution in [-0.2, 0) is 16.1 Å². The molecular formula is C14H18BrNO3. The smallest absolute Gasteiger partial charge is 0.304 e. The fraction of sp³-hybridized carbons (Fsp3) is 0.429. The Morgan fingerprint density at radius 2 is 2.05 bits per heavy atom. The molecule has 1 amide bonds. The molecule has 1 N–H and O–H groups in total. The van der Waals surface area contributed by atoms with Gasteiger partial charge >= 0.3 is 5.97 Å². The molecule has 1 unspecified atom stereocenters. The van der Waals surface area contributed by atoms with E-state index < -0.39 is 11.9 Å². The SMILES string of the molecule is Cc1ccc(Br)cc1CN(C)C(=O)C(C)CC(=O)O. The summed E-state index contributed by atoms with van der Waals surface area (Å²) < 4.78 is 0.965. The van der Waals surface area contributed by atoms with Crippen molar-refractivity contribution < 1.29 is 14.7 Å². The maximum absolute atomic E-state index is 12.0. The summed E-state index contributed by atoms with van der Waals surface area (Å²) in [6.07, 6.45) is -0.138. The minimum Gasteiger partial charge on any atom is -0.481 e. The number of carboxylic acid groups (broad SMARTS) is 1. The molecule has 0 saturated carbocycles. The first-order valence-electron chi connectivity index (χ1n) is 6.03. The van der Waals surface area contributed by atoms with Gasteiger partial charge in [-0.3, -0.25) is 9.59 Å². The summed E-state index contributed by atoms with van der Waals surface area (Å²) in [6, 6.07) is 5.91. The van der Waals surface area contributed by atoms with Crippen LogP contribution in [-0.4, -0.2) is 28.9 Å². The molecule has 0 aliphatic rings. The first kappa shape index (κ1) is 15.7. The van der Waals surface area contributed by atoms with E-state index in [2.05, 4.69) is 15.9 Å². The second-order valence-electron chi connectivity index (χ2n) is 4.76. The Bertz CT molecular complexity index is 488. The lowest BCUT2D eigenvalue weighted by Gasteiger charge is -2.21. The summed E-state index contributed by atoms with van der Waals surface area (Å²) in [7, 11) is 1.70. The fourth-order valence-corrected chi connectivity index (χ4v) is 2.28. The van der Waals surface area contributed by atoms with Crippen LogP contribution >= 0.6 is 15.9 Å². The van der Waals surface area contributed by atoms with Gasteiger partial charge in [0.15, 0.2) is 0 Å². The van der Waals surface area contributed by atoms with Gasteiger partial charge in [0.25, 0.3) is 0 Å². The van der Waals surface area contributed by atoms with Crippen molar-refractivity contribution in [2.45, 2.75) is 26.8 Å². The maximum atomic E-state index is 12.0. The Morgan fingerprint density at radius 3 is 2.63 bits per heavy atom. The number of halogens is 1. The quantitative estimate of drug-likeness (QED) is 0.904. The van der Waals surface area contributed by atoms with E-state index in [1.165, 1.54) is 0 Å². The average Bonchev–Trinajstić information content (AvgIpc) is 2.31. The highest BCUT2D eigenvalue weighted by atomic mass is 79.9. The molecule has 104 valence electrons.